The number of rotatable bonds is 8. The molecule has 0 aromatic carbocycles. The highest BCUT2D eigenvalue weighted by molar-refractivity contribution is 5.69. The van der Waals surface area contributed by atoms with E-state index >= 15 is 0 Å². The summed E-state index contributed by atoms with van der Waals surface area (Å²) in [6.07, 6.45) is 0.320. The lowest BCUT2D eigenvalue weighted by Gasteiger charge is -2.24. The Kier molecular flexibility index (Phi) is 7.08. The summed E-state index contributed by atoms with van der Waals surface area (Å²) >= 11 is 0. The topological polar surface area (TPSA) is 64.5 Å². The van der Waals surface area contributed by atoms with E-state index in [-0.39, 0.29) is 11.9 Å². The normalized spacial score (nSPS) is 10.8. The van der Waals surface area contributed by atoms with Crippen molar-refractivity contribution in [3.05, 3.63) is 17.6 Å². The van der Waals surface area contributed by atoms with Gasteiger partial charge in [-0.1, -0.05) is 13.8 Å². The minimum atomic E-state index is -0.229. The van der Waals surface area contributed by atoms with Crippen molar-refractivity contribution in [2.45, 2.75) is 33.1 Å². The second-order valence-corrected chi connectivity index (χ2v) is 5.19. The van der Waals surface area contributed by atoms with E-state index in [4.69, 9.17) is 9.47 Å². The van der Waals surface area contributed by atoms with Gasteiger partial charge in [0.2, 0.25) is 0 Å². The number of ether oxygens (including phenoxy) is 2. The predicted octanol–water partition coefficient (Wildman–Crippen LogP) is 1.92. The molecular formula is C15H25N3O3. The molecule has 0 bridgehead atoms. The molecule has 0 N–H and O–H groups in total. The molecule has 0 fully saturated rings. The molecular weight excluding hydrogens is 270 g/mol. The van der Waals surface area contributed by atoms with E-state index in [9.17, 15) is 4.79 Å². The molecule has 0 atom stereocenters. The smallest absolute Gasteiger partial charge is 0.307 e. The monoisotopic (exact) mass is 295 g/mol. The first-order valence-corrected chi connectivity index (χ1v) is 7.14. The van der Waals surface area contributed by atoms with Crippen molar-refractivity contribution in [1.82, 2.24) is 9.97 Å². The van der Waals surface area contributed by atoms with Crippen LogP contribution in [0.3, 0.4) is 0 Å². The third-order valence-corrected chi connectivity index (χ3v) is 3.08. The minimum absolute atomic E-state index is 0.229. The fourth-order valence-corrected chi connectivity index (χ4v) is 1.87. The molecule has 1 aromatic heterocycles. The van der Waals surface area contributed by atoms with E-state index in [2.05, 4.69) is 23.8 Å². The van der Waals surface area contributed by atoms with Gasteiger partial charge in [0.1, 0.15) is 11.6 Å². The number of aromatic nitrogens is 2. The first kappa shape index (κ1) is 17.4. The molecule has 6 nitrogen and oxygen atoms in total. The number of methoxy groups -OCH3 is 2. The fourth-order valence-electron chi connectivity index (χ4n) is 1.87. The van der Waals surface area contributed by atoms with Crippen molar-refractivity contribution in [3.8, 4) is 0 Å². The van der Waals surface area contributed by atoms with Crippen molar-refractivity contribution in [1.29, 1.82) is 0 Å². The van der Waals surface area contributed by atoms with Crippen LogP contribution in [0.5, 0.6) is 0 Å². The van der Waals surface area contributed by atoms with Crippen LogP contribution in [-0.2, 0) is 14.3 Å². The predicted molar refractivity (Wildman–Crippen MR) is 81.6 cm³/mol. The maximum Gasteiger partial charge on any atom is 0.307 e. The number of nitrogens with zero attached hydrogens (tertiary/aromatic N) is 3. The Morgan fingerprint density at radius 3 is 2.57 bits per heavy atom. The van der Waals surface area contributed by atoms with Crippen LogP contribution in [0.15, 0.2) is 6.07 Å². The van der Waals surface area contributed by atoms with E-state index in [0.29, 0.717) is 26.1 Å². The lowest BCUT2D eigenvalue weighted by atomic mass is 10.2. The summed E-state index contributed by atoms with van der Waals surface area (Å²) in [6.45, 7) is 7.86. The molecule has 0 saturated heterocycles. The average molecular weight is 295 g/mol. The standard InChI is InChI=1S/C15H25N3O3/c1-11(2)15-16-12(3)10-13(17-15)18(8-9-20-4)7-6-14(19)21-5/h10-11H,6-9H2,1-5H3. The quantitative estimate of drug-likeness (QED) is 0.683. The molecule has 118 valence electrons. The molecule has 21 heavy (non-hydrogen) atoms. The zero-order valence-corrected chi connectivity index (χ0v) is 13.5. The minimum Gasteiger partial charge on any atom is -0.469 e. The van der Waals surface area contributed by atoms with Gasteiger partial charge in [-0.25, -0.2) is 9.97 Å². The van der Waals surface area contributed by atoms with E-state index in [1.807, 2.05) is 17.9 Å². The molecule has 0 aliphatic rings. The maximum absolute atomic E-state index is 11.4. The summed E-state index contributed by atoms with van der Waals surface area (Å²) in [7, 11) is 3.05. The van der Waals surface area contributed by atoms with Gasteiger partial charge in [0, 0.05) is 37.9 Å². The van der Waals surface area contributed by atoms with Crippen LogP contribution in [-0.4, -0.2) is 49.9 Å². The SMILES string of the molecule is COCCN(CCC(=O)OC)c1cc(C)nc(C(C)C)n1. The van der Waals surface area contributed by atoms with Crippen LogP contribution < -0.4 is 4.90 Å². The highest BCUT2D eigenvalue weighted by Gasteiger charge is 2.14. The highest BCUT2D eigenvalue weighted by atomic mass is 16.5. The summed E-state index contributed by atoms with van der Waals surface area (Å²) in [6, 6.07) is 1.93. The van der Waals surface area contributed by atoms with Crippen molar-refractivity contribution in [2.24, 2.45) is 0 Å². The first-order chi connectivity index (χ1) is 9.97. The van der Waals surface area contributed by atoms with Gasteiger partial charge in [0.25, 0.3) is 0 Å². The van der Waals surface area contributed by atoms with Gasteiger partial charge >= 0.3 is 5.97 Å². The Bertz CT molecular complexity index is 463. The third kappa shape index (κ3) is 5.67. The summed E-state index contributed by atoms with van der Waals surface area (Å²) in [5.41, 5.74) is 0.921. The number of carbonyl (C=O) groups is 1. The van der Waals surface area contributed by atoms with Crippen molar-refractivity contribution in [3.63, 3.8) is 0 Å². The summed E-state index contributed by atoms with van der Waals surface area (Å²) in [5.74, 6) is 1.67. The average Bonchev–Trinajstić information content (AvgIpc) is 2.46. The number of aryl methyl sites for hydroxylation is 1. The summed E-state index contributed by atoms with van der Waals surface area (Å²) in [5, 5.41) is 0. The molecule has 0 spiro atoms. The van der Waals surface area contributed by atoms with Gasteiger partial charge in [-0.2, -0.15) is 0 Å². The van der Waals surface area contributed by atoms with E-state index in [1.165, 1.54) is 7.11 Å². The van der Waals surface area contributed by atoms with Crippen LogP contribution in [0.2, 0.25) is 0 Å². The zero-order chi connectivity index (χ0) is 15.8. The number of hydrogen-bond donors (Lipinski definition) is 0. The molecule has 1 aromatic rings. The molecule has 0 radical (unpaired) electrons. The Morgan fingerprint density at radius 1 is 1.29 bits per heavy atom. The van der Waals surface area contributed by atoms with Gasteiger partial charge in [-0.15, -0.1) is 0 Å². The highest BCUT2D eigenvalue weighted by Crippen LogP contribution is 2.17. The van der Waals surface area contributed by atoms with Crippen molar-refractivity contribution in [2.75, 3.05) is 38.8 Å². The summed E-state index contributed by atoms with van der Waals surface area (Å²) in [4.78, 5) is 22.4. The Morgan fingerprint density at radius 2 is 2.00 bits per heavy atom. The number of carbonyl (C=O) groups excluding carboxylic acids is 1. The van der Waals surface area contributed by atoms with Crippen LogP contribution in [0.1, 0.15) is 37.7 Å². The molecule has 0 aliphatic heterocycles. The third-order valence-electron chi connectivity index (χ3n) is 3.08. The van der Waals surface area contributed by atoms with E-state index in [0.717, 1.165) is 17.3 Å². The van der Waals surface area contributed by atoms with Gasteiger partial charge in [0.05, 0.1) is 20.1 Å². The molecule has 0 unspecified atom stereocenters. The zero-order valence-electron chi connectivity index (χ0n) is 13.5. The van der Waals surface area contributed by atoms with Crippen LogP contribution in [0.25, 0.3) is 0 Å². The van der Waals surface area contributed by atoms with Gasteiger partial charge in [-0.05, 0) is 6.92 Å². The van der Waals surface area contributed by atoms with Crippen LogP contribution in [0.4, 0.5) is 5.82 Å². The second kappa shape index (κ2) is 8.56. The number of hydrogen-bond acceptors (Lipinski definition) is 6. The van der Waals surface area contributed by atoms with Gasteiger partial charge in [0.15, 0.2) is 0 Å². The first-order valence-electron chi connectivity index (χ1n) is 7.14. The van der Waals surface area contributed by atoms with Crippen molar-refractivity contribution >= 4 is 11.8 Å². The molecule has 0 aliphatic carbocycles. The lowest BCUT2D eigenvalue weighted by molar-refractivity contribution is -0.140. The molecule has 6 heteroatoms. The summed E-state index contributed by atoms with van der Waals surface area (Å²) < 4.78 is 9.83. The molecule has 0 saturated carbocycles. The molecule has 0 amide bonds. The lowest BCUT2D eigenvalue weighted by Crippen LogP contribution is -2.31. The fraction of sp³-hybridized carbons (Fsp3) is 0.667. The largest absolute Gasteiger partial charge is 0.469 e. The van der Waals surface area contributed by atoms with Crippen LogP contribution >= 0.6 is 0 Å². The maximum atomic E-state index is 11.4. The van der Waals surface area contributed by atoms with Gasteiger partial charge < -0.3 is 14.4 Å². The van der Waals surface area contributed by atoms with Crippen LogP contribution in [0, 0.1) is 6.92 Å². The Labute approximate surface area is 126 Å². The number of anilines is 1. The van der Waals surface area contributed by atoms with E-state index in [1.54, 1.807) is 7.11 Å². The number of esters is 1. The Hall–Kier alpha value is -1.69. The van der Waals surface area contributed by atoms with E-state index < -0.39 is 0 Å². The second-order valence-electron chi connectivity index (χ2n) is 5.19. The molecule has 1 rings (SSSR count). The van der Waals surface area contributed by atoms with Crippen molar-refractivity contribution < 1.29 is 14.3 Å². The van der Waals surface area contributed by atoms with Gasteiger partial charge in [-0.3, -0.25) is 4.79 Å². The molecule has 1 heterocycles. The Balaban J connectivity index is 2.92.